The fourth-order valence-corrected chi connectivity index (χ4v) is 8.29. The van der Waals surface area contributed by atoms with Crippen LogP contribution in [0.15, 0.2) is 78.7 Å². The number of hydrogen-bond donors (Lipinski definition) is 0. The van der Waals surface area contributed by atoms with Gasteiger partial charge < -0.3 is 4.90 Å². The molecule has 0 radical (unpaired) electrons. The average molecular weight is 433 g/mol. The fraction of sp³-hybridized carbons (Fsp3) is 0.320. The molecule has 5 nitrogen and oxygen atoms in total. The normalized spacial score (nSPS) is 34.8. The monoisotopic (exact) mass is 432 g/mol. The molecule has 2 fully saturated rings. The van der Waals surface area contributed by atoms with Gasteiger partial charge in [0.05, 0.1) is 12.5 Å². The predicted molar refractivity (Wildman–Crippen MR) is 120 cm³/mol. The van der Waals surface area contributed by atoms with Crippen LogP contribution in [0.4, 0.5) is 5.69 Å². The van der Waals surface area contributed by atoms with Gasteiger partial charge in [0.25, 0.3) is 0 Å². The molecule has 0 aromatic heterocycles. The molecular weight excluding hydrogens is 408 g/mol. The molecular formula is C25H24N2O3S. The zero-order valence-electron chi connectivity index (χ0n) is 17.1. The van der Waals surface area contributed by atoms with Crippen molar-refractivity contribution in [2.45, 2.75) is 30.8 Å². The number of para-hydroxylation sites is 1. The van der Waals surface area contributed by atoms with Gasteiger partial charge in [-0.1, -0.05) is 60.7 Å². The molecule has 2 aromatic rings. The topological polar surface area (TPSA) is 57.7 Å². The van der Waals surface area contributed by atoms with Crippen molar-refractivity contribution in [2.24, 2.45) is 11.3 Å². The smallest absolute Gasteiger partial charge is 0.236 e. The van der Waals surface area contributed by atoms with Crippen LogP contribution in [0.25, 0.3) is 0 Å². The number of fused-ring (bicyclic) bond motifs is 1. The minimum absolute atomic E-state index is 0.0887. The van der Waals surface area contributed by atoms with Crippen LogP contribution in [-0.4, -0.2) is 31.2 Å². The van der Waals surface area contributed by atoms with Gasteiger partial charge in [0.2, 0.25) is 15.9 Å². The second kappa shape index (κ2) is 6.17. The first-order valence-electron chi connectivity index (χ1n) is 10.7. The van der Waals surface area contributed by atoms with E-state index in [-0.39, 0.29) is 17.9 Å². The van der Waals surface area contributed by atoms with E-state index in [4.69, 9.17) is 0 Å². The van der Waals surface area contributed by atoms with Crippen LogP contribution in [0.1, 0.15) is 24.0 Å². The summed E-state index contributed by atoms with van der Waals surface area (Å²) in [6, 6.07) is 17.8. The second-order valence-corrected chi connectivity index (χ2v) is 10.9. The molecule has 1 saturated carbocycles. The van der Waals surface area contributed by atoms with Crippen molar-refractivity contribution < 1.29 is 13.2 Å². The Morgan fingerprint density at radius 1 is 1.10 bits per heavy atom. The van der Waals surface area contributed by atoms with Crippen molar-refractivity contribution in [1.29, 1.82) is 0 Å². The second-order valence-electron chi connectivity index (χ2n) is 9.15. The lowest BCUT2D eigenvalue weighted by atomic mass is 9.65. The van der Waals surface area contributed by atoms with E-state index in [0.29, 0.717) is 25.9 Å². The van der Waals surface area contributed by atoms with E-state index in [1.807, 2.05) is 59.5 Å². The molecule has 158 valence electrons. The van der Waals surface area contributed by atoms with E-state index in [9.17, 15) is 13.2 Å². The molecule has 3 heterocycles. The number of hydrogen-bond acceptors (Lipinski definition) is 3. The molecule has 3 aliphatic heterocycles. The zero-order chi connectivity index (χ0) is 21.4. The van der Waals surface area contributed by atoms with Gasteiger partial charge in [-0.25, -0.2) is 8.42 Å². The highest BCUT2D eigenvalue weighted by Crippen LogP contribution is 2.67. The Morgan fingerprint density at radius 3 is 2.61 bits per heavy atom. The molecule has 2 aromatic carbocycles. The Kier molecular flexibility index (Phi) is 3.79. The van der Waals surface area contributed by atoms with Crippen LogP contribution in [-0.2, 0) is 26.8 Å². The molecule has 1 spiro atoms. The van der Waals surface area contributed by atoms with Gasteiger partial charge in [-0.3, -0.25) is 4.79 Å². The number of anilines is 1. The molecule has 1 amide bonds. The molecule has 31 heavy (non-hydrogen) atoms. The molecule has 1 saturated heterocycles. The van der Waals surface area contributed by atoms with Crippen molar-refractivity contribution in [3.05, 3.63) is 89.9 Å². The molecule has 1 aliphatic carbocycles. The summed E-state index contributed by atoms with van der Waals surface area (Å²) < 4.78 is 27.5. The van der Waals surface area contributed by atoms with E-state index in [0.717, 1.165) is 16.8 Å². The first-order chi connectivity index (χ1) is 14.9. The Hall–Kier alpha value is -2.70. The fourth-order valence-electron chi connectivity index (χ4n) is 6.68. The zero-order valence-corrected chi connectivity index (χ0v) is 18.0. The quantitative estimate of drug-likeness (QED) is 0.697. The summed E-state index contributed by atoms with van der Waals surface area (Å²) in [4.78, 5) is 15.9. The van der Waals surface area contributed by atoms with Crippen molar-refractivity contribution in [3.63, 3.8) is 0 Å². The summed E-state index contributed by atoms with van der Waals surface area (Å²) in [6.45, 7) is 5.03. The van der Waals surface area contributed by atoms with Crippen molar-refractivity contribution in [2.75, 3.05) is 11.4 Å². The van der Waals surface area contributed by atoms with Gasteiger partial charge in [-0.05, 0) is 30.0 Å². The number of carbonyl (C=O) groups excluding carboxylic acids is 1. The maximum Gasteiger partial charge on any atom is 0.236 e. The van der Waals surface area contributed by atoms with Gasteiger partial charge in [0.1, 0.15) is 0 Å². The lowest BCUT2D eigenvalue weighted by Crippen LogP contribution is -2.55. The van der Waals surface area contributed by atoms with E-state index in [2.05, 4.69) is 12.6 Å². The number of carbonyl (C=O) groups is 1. The Labute approximate surface area is 182 Å². The molecule has 0 bridgehead atoms. The van der Waals surface area contributed by atoms with E-state index in [1.54, 1.807) is 10.4 Å². The number of nitrogens with zero attached hydrogens (tertiary/aromatic N) is 2. The Bertz CT molecular complexity index is 1240. The third-order valence-electron chi connectivity index (χ3n) is 7.91. The summed E-state index contributed by atoms with van der Waals surface area (Å²) in [5.74, 6) is -0.192. The number of amides is 1. The standard InChI is InChI=1S/C25H24N2O3S/c1-2-24-13-15-31(29,30)27-14-12-25(23(24)27)19-10-6-7-11-21(19)26(22(28)20(25)16-24)17-18-8-4-3-5-9-18/h2-11,13,15,20,23H,1,12,14,16-17H2/t20-,23+,24+,25+/m1/s1. The molecule has 4 atom stereocenters. The highest BCUT2D eigenvalue weighted by molar-refractivity contribution is 7.92. The molecule has 6 rings (SSSR count). The van der Waals surface area contributed by atoms with Gasteiger partial charge in [0.15, 0.2) is 0 Å². The molecule has 0 unspecified atom stereocenters. The first-order valence-corrected chi connectivity index (χ1v) is 12.2. The number of benzene rings is 2. The summed E-state index contributed by atoms with van der Waals surface area (Å²) in [5, 5.41) is 1.32. The number of rotatable bonds is 3. The highest BCUT2D eigenvalue weighted by atomic mass is 32.2. The van der Waals surface area contributed by atoms with Crippen LogP contribution >= 0.6 is 0 Å². The van der Waals surface area contributed by atoms with E-state index < -0.39 is 20.9 Å². The van der Waals surface area contributed by atoms with Crippen molar-refractivity contribution in [3.8, 4) is 0 Å². The predicted octanol–water partition coefficient (Wildman–Crippen LogP) is 3.59. The maximum atomic E-state index is 14.0. The molecule has 4 aliphatic rings. The van der Waals surface area contributed by atoms with E-state index >= 15 is 0 Å². The molecule has 6 heteroatoms. The first kappa shape index (κ1) is 19.0. The third kappa shape index (κ3) is 2.29. The minimum Gasteiger partial charge on any atom is -0.307 e. The van der Waals surface area contributed by atoms with Gasteiger partial charge in [-0.2, -0.15) is 4.31 Å². The average Bonchev–Trinajstić information content (AvgIpc) is 3.33. The summed E-state index contributed by atoms with van der Waals surface area (Å²) >= 11 is 0. The maximum absolute atomic E-state index is 14.0. The van der Waals surface area contributed by atoms with Gasteiger partial charge in [-0.15, -0.1) is 6.58 Å². The summed E-state index contributed by atoms with van der Waals surface area (Å²) in [7, 11) is -3.49. The SMILES string of the molecule is C=C[C@]12C=CS(=O)(=O)N3CC[C@@]4(c5ccccc5N(Cc5ccccc5)C(=O)[C@H]4C1)[C@@H]32. The molecule has 0 N–H and O–H groups in total. The van der Waals surface area contributed by atoms with Crippen LogP contribution in [0.3, 0.4) is 0 Å². The lowest BCUT2D eigenvalue weighted by molar-refractivity contribution is -0.125. The summed E-state index contributed by atoms with van der Waals surface area (Å²) in [5.41, 5.74) is 2.02. The Morgan fingerprint density at radius 2 is 1.84 bits per heavy atom. The van der Waals surface area contributed by atoms with Crippen molar-refractivity contribution >= 4 is 21.6 Å². The van der Waals surface area contributed by atoms with Crippen LogP contribution in [0.5, 0.6) is 0 Å². The number of sulfonamides is 1. The van der Waals surface area contributed by atoms with Crippen LogP contribution in [0, 0.1) is 11.3 Å². The minimum atomic E-state index is -3.49. The highest BCUT2D eigenvalue weighted by Gasteiger charge is 2.72. The van der Waals surface area contributed by atoms with Gasteiger partial charge >= 0.3 is 0 Å². The Balaban J connectivity index is 1.57. The summed E-state index contributed by atoms with van der Waals surface area (Å²) in [6.07, 6.45) is 4.90. The largest absolute Gasteiger partial charge is 0.307 e. The van der Waals surface area contributed by atoms with Gasteiger partial charge in [0, 0.05) is 34.5 Å². The lowest BCUT2D eigenvalue weighted by Gasteiger charge is -2.47. The third-order valence-corrected chi connectivity index (χ3v) is 9.44. The van der Waals surface area contributed by atoms with Crippen molar-refractivity contribution in [1.82, 2.24) is 4.31 Å². The van der Waals surface area contributed by atoms with Crippen LogP contribution in [0.2, 0.25) is 0 Å². The van der Waals surface area contributed by atoms with Crippen LogP contribution < -0.4 is 4.90 Å². The van der Waals surface area contributed by atoms with E-state index in [1.165, 1.54) is 5.41 Å².